The van der Waals surface area contributed by atoms with Gasteiger partial charge in [0.05, 0.1) is 28.4 Å². The van der Waals surface area contributed by atoms with Crippen LogP contribution in [0.15, 0.2) is 47.4 Å². The molecule has 0 fully saturated rings. The molecule has 1 atom stereocenters. The summed E-state index contributed by atoms with van der Waals surface area (Å²) in [5.41, 5.74) is 3.06. The van der Waals surface area contributed by atoms with Crippen molar-refractivity contribution >= 4 is 39.1 Å². The lowest BCUT2D eigenvalue weighted by molar-refractivity contribution is 0.413. The van der Waals surface area contributed by atoms with Crippen molar-refractivity contribution < 1.29 is 8.95 Å². The lowest BCUT2D eigenvalue weighted by Crippen LogP contribution is -2.25. The maximum absolute atomic E-state index is 12.6. The molecule has 4 rings (SSSR count). The highest BCUT2D eigenvalue weighted by atomic mass is 35.5. The zero-order chi connectivity index (χ0) is 18.3. The molecule has 1 unspecified atom stereocenters. The van der Waals surface area contributed by atoms with Gasteiger partial charge in [-0.05, 0) is 42.8 Å². The van der Waals surface area contributed by atoms with Crippen LogP contribution in [0.1, 0.15) is 11.1 Å². The Bertz CT molecular complexity index is 1020. The molecule has 0 radical (unpaired) electrons. The highest BCUT2D eigenvalue weighted by Gasteiger charge is 2.21. The summed E-state index contributed by atoms with van der Waals surface area (Å²) in [6.07, 6.45) is 0. The van der Waals surface area contributed by atoms with E-state index in [0.717, 1.165) is 38.5 Å². The average Bonchev–Trinajstić information content (AvgIpc) is 2.81. The first-order valence-electron chi connectivity index (χ1n) is 8.42. The topological polar surface area (TPSA) is 42.4 Å². The zero-order valence-corrected chi connectivity index (χ0v) is 16.2. The van der Waals surface area contributed by atoms with E-state index in [2.05, 4.69) is 4.90 Å². The van der Waals surface area contributed by atoms with Crippen LogP contribution < -0.4 is 9.64 Å². The van der Waals surface area contributed by atoms with Crippen LogP contribution in [0.4, 0.5) is 5.82 Å². The van der Waals surface area contributed by atoms with Gasteiger partial charge in [0.15, 0.2) is 0 Å². The lowest BCUT2D eigenvalue weighted by Gasteiger charge is -2.22. The summed E-state index contributed by atoms with van der Waals surface area (Å²) in [6, 6.07) is 13.7. The van der Waals surface area contributed by atoms with E-state index >= 15 is 0 Å². The van der Waals surface area contributed by atoms with E-state index in [-0.39, 0.29) is 0 Å². The summed E-state index contributed by atoms with van der Waals surface area (Å²) in [5.74, 6) is 2.09. The van der Waals surface area contributed by atoms with Crippen LogP contribution in [-0.2, 0) is 17.3 Å². The Hall–Kier alpha value is -2.11. The van der Waals surface area contributed by atoms with Gasteiger partial charge >= 0.3 is 0 Å². The summed E-state index contributed by atoms with van der Waals surface area (Å²) < 4.78 is 17.9. The standard InChI is InChI=1S/C20H19ClN2O2S/c1-13-3-6-18-16(9-13)17(21)11-20(22-18)23-7-8-26(24)19-10-15(25-2)5-4-14(19)12-23/h3-6,9-11H,7-8,12H2,1-2H3. The summed E-state index contributed by atoms with van der Waals surface area (Å²) >= 11 is 6.52. The molecule has 0 N–H and O–H groups in total. The minimum atomic E-state index is -1.06. The molecule has 0 aliphatic carbocycles. The SMILES string of the molecule is COc1ccc2c(c1)S(=O)CCN(c1cc(Cl)c3cc(C)ccc3n1)C2. The largest absolute Gasteiger partial charge is 0.497 e. The number of nitrogens with zero attached hydrogens (tertiary/aromatic N) is 2. The molecular formula is C20H19ClN2O2S. The molecule has 0 bridgehead atoms. The van der Waals surface area contributed by atoms with Crippen LogP contribution in [0.2, 0.25) is 5.02 Å². The van der Waals surface area contributed by atoms with Crippen LogP contribution in [-0.4, -0.2) is 28.6 Å². The molecule has 26 heavy (non-hydrogen) atoms. The number of aryl methyl sites for hydroxylation is 1. The van der Waals surface area contributed by atoms with Gasteiger partial charge in [-0.2, -0.15) is 0 Å². The molecule has 2 aromatic carbocycles. The van der Waals surface area contributed by atoms with Gasteiger partial charge in [0.2, 0.25) is 0 Å². The molecule has 1 aliphatic heterocycles. The predicted octanol–water partition coefficient (Wildman–Crippen LogP) is 4.33. The normalized spacial score (nSPS) is 17.0. The Kier molecular flexibility index (Phi) is 4.59. The first-order chi connectivity index (χ1) is 12.5. The van der Waals surface area contributed by atoms with Gasteiger partial charge in [0.25, 0.3) is 0 Å². The van der Waals surface area contributed by atoms with E-state index in [1.807, 2.05) is 49.4 Å². The number of halogens is 1. The van der Waals surface area contributed by atoms with Gasteiger partial charge in [-0.15, -0.1) is 0 Å². The molecule has 3 aromatic rings. The number of hydrogen-bond acceptors (Lipinski definition) is 4. The number of ether oxygens (including phenoxy) is 1. The zero-order valence-electron chi connectivity index (χ0n) is 14.7. The third-order valence-corrected chi connectivity index (χ3v) is 6.39. The van der Waals surface area contributed by atoms with Crippen molar-refractivity contribution in [2.75, 3.05) is 24.3 Å². The molecular weight excluding hydrogens is 368 g/mol. The van der Waals surface area contributed by atoms with Gasteiger partial charge in [0.1, 0.15) is 11.6 Å². The first kappa shape index (κ1) is 17.3. The second-order valence-corrected chi connectivity index (χ2v) is 8.37. The monoisotopic (exact) mass is 386 g/mol. The van der Waals surface area contributed by atoms with Gasteiger partial charge in [0, 0.05) is 29.1 Å². The molecule has 0 spiro atoms. The maximum Gasteiger partial charge on any atom is 0.131 e. The fourth-order valence-corrected chi connectivity index (χ4v) is 4.76. The summed E-state index contributed by atoms with van der Waals surface area (Å²) in [5, 5.41) is 1.65. The molecule has 0 amide bonds. The van der Waals surface area contributed by atoms with Crippen LogP contribution in [0, 0.1) is 6.92 Å². The van der Waals surface area contributed by atoms with Gasteiger partial charge < -0.3 is 9.64 Å². The van der Waals surface area contributed by atoms with Gasteiger partial charge in [-0.1, -0.05) is 29.3 Å². The van der Waals surface area contributed by atoms with E-state index in [1.165, 1.54) is 0 Å². The number of benzene rings is 2. The Morgan fingerprint density at radius 2 is 2.04 bits per heavy atom. The number of pyridine rings is 1. The number of hydrogen-bond donors (Lipinski definition) is 0. The van der Waals surface area contributed by atoms with Gasteiger partial charge in [-0.25, -0.2) is 4.98 Å². The van der Waals surface area contributed by atoms with Crippen molar-refractivity contribution in [2.24, 2.45) is 0 Å². The number of rotatable bonds is 2. The number of fused-ring (bicyclic) bond motifs is 2. The number of aromatic nitrogens is 1. The molecule has 1 aromatic heterocycles. The third kappa shape index (κ3) is 3.17. The Labute approximate surface area is 160 Å². The Morgan fingerprint density at radius 3 is 2.85 bits per heavy atom. The van der Waals surface area contributed by atoms with Crippen molar-refractivity contribution in [2.45, 2.75) is 18.4 Å². The van der Waals surface area contributed by atoms with Crippen LogP contribution in [0.25, 0.3) is 10.9 Å². The van der Waals surface area contributed by atoms with Crippen LogP contribution >= 0.6 is 11.6 Å². The van der Waals surface area contributed by atoms with E-state index in [1.54, 1.807) is 7.11 Å². The van der Waals surface area contributed by atoms with E-state index in [9.17, 15) is 4.21 Å². The van der Waals surface area contributed by atoms with Gasteiger partial charge in [-0.3, -0.25) is 4.21 Å². The minimum Gasteiger partial charge on any atom is -0.497 e. The molecule has 134 valence electrons. The van der Waals surface area contributed by atoms with E-state index in [4.69, 9.17) is 21.3 Å². The fourth-order valence-electron chi connectivity index (χ4n) is 3.24. The van der Waals surface area contributed by atoms with E-state index < -0.39 is 10.8 Å². The summed E-state index contributed by atoms with van der Waals surface area (Å²) in [7, 11) is 0.565. The summed E-state index contributed by atoms with van der Waals surface area (Å²) in [6.45, 7) is 3.34. The van der Waals surface area contributed by atoms with Crippen LogP contribution in [0.3, 0.4) is 0 Å². The van der Waals surface area contributed by atoms with Crippen molar-refractivity contribution in [3.63, 3.8) is 0 Å². The highest BCUT2D eigenvalue weighted by molar-refractivity contribution is 7.85. The molecule has 1 aliphatic rings. The summed E-state index contributed by atoms with van der Waals surface area (Å²) in [4.78, 5) is 7.77. The second-order valence-electron chi connectivity index (χ2n) is 6.43. The smallest absolute Gasteiger partial charge is 0.131 e. The van der Waals surface area contributed by atoms with Crippen molar-refractivity contribution in [3.05, 3.63) is 58.6 Å². The molecule has 0 saturated carbocycles. The second kappa shape index (κ2) is 6.89. The molecule has 6 heteroatoms. The fraction of sp³-hybridized carbons (Fsp3) is 0.250. The molecule has 0 saturated heterocycles. The number of methoxy groups -OCH3 is 1. The third-order valence-electron chi connectivity index (χ3n) is 4.65. The van der Waals surface area contributed by atoms with Crippen LogP contribution in [0.5, 0.6) is 5.75 Å². The average molecular weight is 387 g/mol. The quantitative estimate of drug-likeness (QED) is 0.657. The number of anilines is 1. The van der Waals surface area contributed by atoms with Crippen molar-refractivity contribution in [1.82, 2.24) is 4.98 Å². The van der Waals surface area contributed by atoms with Crippen molar-refractivity contribution in [3.8, 4) is 5.75 Å². The lowest BCUT2D eigenvalue weighted by atomic mass is 10.1. The Morgan fingerprint density at radius 1 is 1.19 bits per heavy atom. The molecule has 4 nitrogen and oxygen atoms in total. The highest BCUT2D eigenvalue weighted by Crippen LogP contribution is 2.31. The molecule has 2 heterocycles. The maximum atomic E-state index is 12.6. The van der Waals surface area contributed by atoms with Crippen molar-refractivity contribution in [1.29, 1.82) is 0 Å². The first-order valence-corrected chi connectivity index (χ1v) is 10.1. The Balaban J connectivity index is 1.75. The minimum absolute atomic E-state index is 0.547. The van der Waals surface area contributed by atoms with E-state index in [0.29, 0.717) is 23.9 Å². The predicted molar refractivity (Wildman–Crippen MR) is 107 cm³/mol.